The Bertz CT molecular complexity index is 787. The zero-order valence-electron chi connectivity index (χ0n) is 15.7. The minimum atomic E-state index is -0.454. The van der Waals surface area contributed by atoms with Crippen LogP contribution in [0.2, 0.25) is 0 Å². The van der Waals surface area contributed by atoms with E-state index < -0.39 is 5.82 Å². The minimum absolute atomic E-state index is 0.0934. The van der Waals surface area contributed by atoms with Crippen molar-refractivity contribution in [3.63, 3.8) is 0 Å². The van der Waals surface area contributed by atoms with Crippen LogP contribution < -0.4 is 0 Å². The highest BCUT2D eigenvalue weighted by Crippen LogP contribution is 2.29. The van der Waals surface area contributed by atoms with Gasteiger partial charge >= 0.3 is 0 Å². The standard InChI is InChI=1S/C20H27FN2O3/c1-13(2)11-22-8-9-23(12-15(22)7-10-24)20(25)18-14(3)16-5-4-6-17(21)19(16)26-18/h4-6,13,15,24H,7-12H2,1-3H3. The second-order valence-electron chi connectivity index (χ2n) is 7.48. The fourth-order valence-electron chi connectivity index (χ4n) is 3.77. The Morgan fingerprint density at radius 1 is 1.38 bits per heavy atom. The summed E-state index contributed by atoms with van der Waals surface area (Å²) < 4.78 is 19.6. The molecule has 1 unspecified atom stereocenters. The first-order valence-corrected chi connectivity index (χ1v) is 9.24. The number of aryl methyl sites for hydroxylation is 1. The van der Waals surface area contributed by atoms with E-state index in [1.165, 1.54) is 6.07 Å². The summed E-state index contributed by atoms with van der Waals surface area (Å²) in [7, 11) is 0. The molecule has 26 heavy (non-hydrogen) atoms. The van der Waals surface area contributed by atoms with E-state index >= 15 is 0 Å². The molecule has 0 saturated carbocycles. The van der Waals surface area contributed by atoms with Gasteiger partial charge in [0.2, 0.25) is 0 Å². The average molecular weight is 362 g/mol. The number of amides is 1. The monoisotopic (exact) mass is 362 g/mol. The fraction of sp³-hybridized carbons (Fsp3) is 0.550. The van der Waals surface area contributed by atoms with Gasteiger partial charge in [0.25, 0.3) is 5.91 Å². The SMILES string of the molecule is Cc1c(C(=O)N2CCN(CC(C)C)C(CCO)C2)oc2c(F)cccc12. The van der Waals surface area contributed by atoms with Crippen LogP contribution in [0.15, 0.2) is 22.6 Å². The minimum Gasteiger partial charge on any atom is -0.448 e. The number of rotatable bonds is 5. The number of fused-ring (bicyclic) bond motifs is 1. The van der Waals surface area contributed by atoms with E-state index in [1.54, 1.807) is 24.0 Å². The second-order valence-corrected chi connectivity index (χ2v) is 7.48. The van der Waals surface area contributed by atoms with Gasteiger partial charge in [-0.15, -0.1) is 0 Å². The molecule has 0 radical (unpaired) electrons. The molecule has 1 aromatic heterocycles. The third kappa shape index (κ3) is 3.62. The molecule has 142 valence electrons. The molecule has 3 rings (SSSR count). The van der Waals surface area contributed by atoms with E-state index in [-0.39, 0.29) is 29.9 Å². The van der Waals surface area contributed by atoms with E-state index in [1.807, 2.05) is 0 Å². The molecule has 5 nitrogen and oxygen atoms in total. The number of para-hydroxylation sites is 1. The van der Waals surface area contributed by atoms with Crippen molar-refractivity contribution in [3.8, 4) is 0 Å². The summed E-state index contributed by atoms with van der Waals surface area (Å²) in [6.07, 6.45) is 0.629. The summed E-state index contributed by atoms with van der Waals surface area (Å²) >= 11 is 0. The summed E-state index contributed by atoms with van der Waals surface area (Å²) in [6.45, 7) is 9.08. The average Bonchev–Trinajstić information content (AvgIpc) is 2.94. The summed E-state index contributed by atoms with van der Waals surface area (Å²) in [5, 5.41) is 10.0. The quantitative estimate of drug-likeness (QED) is 0.888. The molecule has 1 aliphatic rings. The Morgan fingerprint density at radius 2 is 2.15 bits per heavy atom. The number of nitrogens with zero attached hydrogens (tertiary/aromatic N) is 2. The number of hydrogen-bond acceptors (Lipinski definition) is 4. The molecule has 2 aromatic rings. The van der Waals surface area contributed by atoms with Crippen LogP contribution in [0.3, 0.4) is 0 Å². The molecule has 6 heteroatoms. The Morgan fingerprint density at radius 3 is 2.81 bits per heavy atom. The van der Waals surface area contributed by atoms with E-state index in [2.05, 4.69) is 18.7 Å². The van der Waals surface area contributed by atoms with Gasteiger partial charge in [-0.25, -0.2) is 4.39 Å². The third-order valence-electron chi connectivity index (χ3n) is 5.06. The Hall–Kier alpha value is -1.92. The van der Waals surface area contributed by atoms with Crippen LogP contribution in [-0.4, -0.2) is 59.6 Å². The number of benzene rings is 1. The molecule has 0 spiro atoms. The number of carbonyl (C=O) groups excluding carboxylic acids is 1. The van der Waals surface area contributed by atoms with Crippen molar-refractivity contribution in [1.29, 1.82) is 0 Å². The van der Waals surface area contributed by atoms with Crippen molar-refractivity contribution in [3.05, 3.63) is 35.3 Å². The molecule has 1 N–H and O–H groups in total. The number of piperazine rings is 1. The van der Waals surface area contributed by atoms with Crippen LogP contribution in [0, 0.1) is 18.7 Å². The van der Waals surface area contributed by atoms with Crippen molar-refractivity contribution < 1.29 is 18.7 Å². The molecule has 0 aliphatic carbocycles. The topological polar surface area (TPSA) is 56.9 Å². The third-order valence-corrected chi connectivity index (χ3v) is 5.06. The maximum Gasteiger partial charge on any atom is 0.289 e. The van der Waals surface area contributed by atoms with Crippen LogP contribution in [0.25, 0.3) is 11.0 Å². The predicted molar refractivity (Wildman–Crippen MR) is 98.7 cm³/mol. The zero-order chi connectivity index (χ0) is 18.8. The molecular formula is C20H27FN2O3. The number of hydrogen-bond donors (Lipinski definition) is 1. The zero-order valence-corrected chi connectivity index (χ0v) is 15.7. The van der Waals surface area contributed by atoms with Crippen molar-refractivity contribution in [2.75, 3.05) is 32.8 Å². The smallest absolute Gasteiger partial charge is 0.289 e. The Balaban J connectivity index is 1.82. The lowest BCUT2D eigenvalue weighted by molar-refractivity contribution is 0.0363. The summed E-state index contributed by atoms with van der Waals surface area (Å²) in [5.74, 6) is 0.0824. The molecule has 1 amide bonds. The number of furan rings is 1. The number of aliphatic hydroxyl groups excluding tert-OH is 1. The first-order valence-electron chi connectivity index (χ1n) is 9.24. The van der Waals surface area contributed by atoms with Crippen molar-refractivity contribution in [2.24, 2.45) is 5.92 Å². The molecule has 1 saturated heterocycles. The lowest BCUT2D eigenvalue weighted by atomic mass is 10.1. The van der Waals surface area contributed by atoms with Crippen LogP contribution in [0.1, 0.15) is 36.4 Å². The largest absolute Gasteiger partial charge is 0.448 e. The molecule has 1 aliphatic heterocycles. The normalized spacial score (nSPS) is 18.8. The van der Waals surface area contributed by atoms with Crippen molar-refractivity contribution >= 4 is 16.9 Å². The highest BCUT2D eigenvalue weighted by Gasteiger charge is 2.32. The maximum absolute atomic E-state index is 14.0. The number of carbonyl (C=O) groups is 1. The van der Waals surface area contributed by atoms with E-state index in [4.69, 9.17) is 4.42 Å². The molecular weight excluding hydrogens is 335 g/mol. The summed E-state index contributed by atoms with van der Waals surface area (Å²) in [4.78, 5) is 17.1. The van der Waals surface area contributed by atoms with Crippen LogP contribution in [-0.2, 0) is 0 Å². The van der Waals surface area contributed by atoms with Gasteiger partial charge in [0.15, 0.2) is 17.2 Å². The Labute approximate surface area is 153 Å². The van der Waals surface area contributed by atoms with Gasteiger partial charge in [-0.2, -0.15) is 0 Å². The highest BCUT2D eigenvalue weighted by molar-refractivity contribution is 5.99. The highest BCUT2D eigenvalue weighted by atomic mass is 19.1. The van der Waals surface area contributed by atoms with Crippen molar-refractivity contribution in [1.82, 2.24) is 9.80 Å². The fourth-order valence-corrected chi connectivity index (χ4v) is 3.77. The Kier molecular flexibility index (Phi) is 5.63. The summed E-state index contributed by atoms with van der Waals surface area (Å²) in [5.41, 5.74) is 0.812. The molecule has 2 heterocycles. The van der Waals surface area contributed by atoms with Gasteiger partial charge in [-0.05, 0) is 25.3 Å². The van der Waals surface area contributed by atoms with Gasteiger partial charge in [-0.3, -0.25) is 9.69 Å². The van der Waals surface area contributed by atoms with Crippen LogP contribution in [0.5, 0.6) is 0 Å². The molecule has 0 bridgehead atoms. The van der Waals surface area contributed by atoms with Crippen LogP contribution >= 0.6 is 0 Å². The molecule has 1 aromatic carbocycles. The first-order chi connectivity index (χ1) is 12.4. The van der Waals surface area contributed by atoms with Gasteiger partial charge in [0, 0.05) is 49.8 Å². The van der Waals surface area contributed by atoms with Gasteiger partial charge in [-0.1, -0.05) is 26.0 Å². The van der Waals surface area contributed by atoms with E-state index in [0.717, 1.165) is 13.1 Å². The van der Waals surface area contributed by atoms with Crippen molar-refractivity contribution in [2.45, 2.75) is 33.2 Å². The summed E-state index contributed by atoms with van der Waals surface area (Å²) in [6, 6.07) is 4.85. The lowest BCUT2D eigenvalue weighted by Crippen LogP contribution is -2.55. The molecule has 1 fully saturated rings. The van der Waals surface area contributed by atoms with Gasteiger partial charge in [0.1, 0.15) is 0 Å². The number of halogens is 1. The van der Waals surface area contributed by atoms with Gasteiger partial charge in [0.05, 0.1) is 0 Å². The lowest BCUT2D eigenvalue weighted by Gasteiger charge is -2.42. The maximum atomic E-state index is 14.0. The molecule has 1 atom stereocenters. The van der Waals surface area contributed by atoms with Gasteiger partial charge < -0.3 is 14.4 Å². The second kappa shape index (κ2) is 7.76. The van der Waals surface area contributed by atoms with E-state index in [9.17, 15) is 14.3 Å². The first kappa shape index (κ1) is 18.9. The number of aliphatic hydroxyl groups is 1. The van der Waals surface area contributed by atoms with E-state index in [0.29, 0.717) is 36.4 Å². The predicted octanol–water partition coefficient (Wildman–Crippen LogP) is 3.05. The van der Waals surface area contributed by atoms with Crippen LogP contribution in [0.4, 0.5) is 4.39 Å².